The van der Waals surface area contributed by atoms with Crippen LogP contribution < -0.4 is 10.6 Å². The van der Waals surface area contributed by atoms with Crippen molar-refractivity contribution in [1.82, 2.24) is 15.5 Å². The summed E-state index contributed by atoms with van der Waals surface area (Å²) in [7, 11) is 0. The van der Waals surface area contributed by atoms with E-state index in [4.69, 9.17) is 0 Å². The molecule has 4 N–H and O–H groups in total. The number of benzene rings is 3. The van der Waals surface area contributed by atoms with E-state index in [0.29, 0.717) is 48.7 Å². The van der Waals surface area contributed by atoms with Gasteiger partial charge in [0, 0.05) is 35.8 Å². The first-order valence-corrected chi connectivity index (χ1v) is 16.4. The zero-order valence-corrected chi connectivity index (χ0v) is 27.6. The topological polar surface area (TPSA) is 119 Å². The second kappa shape index (κ2) is 18.3. The maximum absolute atomic E-state index is 14.2. The summed E-state index contributed by atoms with van der Waals surface area (Å²) in [4.78, 5) is 41.8. The molecule has 0 spiro atoms. The van der Waals surface area contributed by atoms with Crippen LogP contribution in [0.15, 0.2) is 66.7 Å². The van der Waals surface area contributed by atoms with Gasteiger partial charge in [-0.15, -0.1) is 0 Å². The number of unbranched alkanes of at least 4 members (excludes halogenated alkanes) is 1. The van der Waals surface area contributed by atoms with Gasteiger partial charge in [-0.05, 0) is 86.2 Å². The number of carbonyl (C=O) groups excluding carboxylic acids is 3. The first-order chi connectivity index (χ1) is 22.5. The predicted molar refractivity (Wildman–Crippen MR) is 178 cm³/mol. The number of hydrogen-bond donors (Lipinski definition) is 4. The first kappa shape index (κ1) is 37.3. The number of aliphatic hydroxyl groups is 2. The number of rotatable bonds is 17. The molecule has 0 aromatic heterocycles. The molecule has 254 valence electrons. The molecule has 0 fully saturated rings. The van der Waals surface area contributed by atoms with Crippen molar-refractivity contribution in [2.24, 2.45) is 0 Å². The molecule has 0 aliphatic heterocycles. The van der Waals surface area contributed by atoms with Crippen LogP contribution in [0, 0.1) is 18.6 Å². The maximum atomic E-state index is 14.2. The van der Waals surface area contributed by atoms with Gasteiger partial charge in [0.1, 0.15) is 23.8 Å². The van der Waals surface area contributed by atoms with Crippen molar-refractivity contribution in [3.63, 3.8) is 0 Å². The van der Waals surface area contributed by atoms with E-state index in [1.165, 1.54) is 6.07 Å². The van der Waals surface area contributed by atoms with Crippen molar-refractivity contribution in [2.45, 2.75) is 90.5 Å². The molecule has 47 heavy (non-hydrogen) atoms. The minimum Gasteiger partial charge on any atom is -0.388 e. The van der Waals surface area contributed by atoms with Crippen molar-refractivity contribution in [3.8, 4) is 0 Å². The molecule has 10 heteroatoms. The summed E-state index contributed by atoms with van der Waals surface area (Å²) in [6.45, 7) is 8.81. The normalized spacial score (nSPS) is 13.7. The molecule has 4 atom stereocenters. The number of aryl methyl sites for hydroxylation is 1. The van der Waals surface area contributed by atoms with Crippen LogP contribution in [-0.4, -0.2) is 70.2 Å². The summed E-state index contributed by atoms with van der Waals surface area (Å²) in [5.74, 6) is -2.96. The second-order valence-electron chi connectivity index (χ2n) is 12.0. The molecule has 3 rings (SSSR count). The Morgan fingerprint density at radius 1 is 0.723 bits per heavy atom. The van der Waals surface area contributed by atoms with Crippen LogP contribution in [0.4, 0.5) is 8.78 Å². The van der Waals surface area contributed by atoms with Crippen LogP contribution in [0.5, 0.6) is 0 Å². The Bertz CT molecular complexity index is 1460. The van der Waals surface area contributed by atoms with E-state index in [2.05, 4.69) is 10.6 Å². The van der Waals surface area contributed by atoms with E-state index in [-0.39, 0.29) is 23.5 Å². The van der Waals surface area contributed by atoms with Crippen molar-refractivity contribution in [3.05, 3.63) is 106 Å². The van der Waals surface area contributed by atoms with Crippen LogP contribution in [0.1, 0.15) is 95.1 Å². The highest BCUT2D eigenvalue weighted by Gasteiger charge is 2.34. The van der Waals surface area contributed by atoms with Crippen molar-refractivity contribution < 1.29 is 33.4 Å². The summed E-state index contributed by atoms with van der Waals surface area (Å²) in [5.41, 5.74) is 1.67. The van der Waals surface area contributed by atoms with Crippen LogP contribution in [0.25, 0.3) is 0 Å². The SMILES string of the molecule is CCCCC(NC(=O)c1ccccc1)C(O)C(O)C(Cc1cc(F)cc(F)c1)NC(=O)c1cc(C)cc(C(=O)N(CCC)CCC)c1. The molecule has 3 amide bonds. The molecule has 0 radical (unpaired) electrons. The average molecular weight is 652 g/mol. The lowest BCUT2D eigenvalue weighted by molar-refractivity contribution is -0.0237. The van der Waals surface area contributed by atoms with E-state index >= 15 is 0 Å². The molecule has 0 saturated carbocycles. The van der Waals surface area contributed by atoms with Crippen LogP contribution in [-0.2, 0) is 6.42 Å². The quantitative estimate of drug-likeness (QED) is 0.152. The molecule has 3 aromatic carbocycles. The van der Waals surface area contributed by atoms with Gasteiger partial charge < -0.3 is 25.7 Å². The highest BCUT2D eigenvalue weighted by molar-refractivity contribution is 6.00. The van der Waals surface area contributed by atoms with Gasteiger partial charge in [-0.2, -0.15) is 0 Å². The van der Waals surface area contributed by atoms with Gasteiger partial charge in [0.05, 0.1) is 12.1 Å². The molecule has 0 heterocycles. The van der Waals surface area contributed by atoms with Gasteiger partial charge >= 0.3 is 0 Å². The van der Waals surface area contributed by atoms with Gasteiger partial charge in [-0.25, -0.2) is 8.78 Å². The minimum absolute atomic E-state index is 0.146. The van der Waals surface area contributed by atoms with E-state index in [1.54, 1.807) is 54.3 Å². The molecule has 0 aliphatic carbocycles. The molecule has 3 aromatic rings. The van der Waals surface area contributed by atoms with Crippen LogP contribution in [0.2, 0.25) is 0 Å². The van der Waals surface area contributed by atoms with Gasteiger partial charge in [0.25, 0.3) is 17.7 Å². The van der Waals surface area contributed by atoms with Gasteiger partial charge in [0.15, 0.2) is 0 Å². The third-order valence-corrected chi connectivity index (χ3v) is 7.95. The summed E-state index contributed by atoms with van der Waals surface area (Å²) in [5, 5.41) is 28.5. The number of nitrogens with one attached hydrogen (secondary N) is 2. The second-order valence-corrected chi connectivity index (χ2v) is 12.0. The van der Waals surface area contributed by atoms with Crippen molar-refractivity contribution >= 4 is 17.7 Å². The summed E-state index contributed by atoms with van der Waals surface area (Å²) in [6, 6.07) is 14.0. The Balaban J connectivity index is 1.94. The third kappa shape index (κ3) is 11.0. The highest BCUT2D eigenvalue weighted by Crippen LogP contribution is 2.19. The highest BCUT2D eigenvalue weighted by atomic mass is 19.1. The lowest BCUT2D eigenvalue weighted by Crippen LogP contribution is -2.56. The lowest BCUT2D eigenvalue weighted by Gasteiger charge is -2.33. The number of carbonyl (C=O) groups is 3. The first-order valence-electron chi connectivity index (χ1n) is 16.4. The monoisotopic (exact) mass is 651 g/mol. The molecule has 8 nitrogen and oxygen atoms in total. The van der Waals surface area contributed by atoms with Crippen LogP contribution in [0.3, 0.4) is 0 Å². The summed E-state index contributed by atoms with van der Waals surface area (Å²) in [6.07, 6.45) is -0.170. The fraction of sp³-hybridized carbons (Fsp3) is 0.432. The van der Waals surface area contributed by atoms with Gasteiger partial charge in [0.2, 0.25) is 0 Å². The molecular formula is C37H47F2N3O5. The van der Waals surface area contributed by atoms with Gasteiger partial charge in [-0.3, -0.25) is 14.4 Å². The van der Waals surface area contributed by atoms with E-state index in [0.717, 1.165) is 31.4 Å². The Kier molecular flexibility index (Phi) is 14.5. The fourth-order valence-electron chi connectivity index (χ4n) is 5.64. The summed E-state index contributed by atoms with van der Waals surface area (Å²) < 4.78 is 28.3. The Morgan fingerprint density at radius 3 is 1.87 bits per heavy atom. The zero-order chi connectivity index (χ0) is 34.5. The smallest absolute Gasteiger partial charge is 0.253 e. The largest absolute Gasteiger partial charge is 0.388 e. The maximum Gasteiger partial charge on any atom is 0.253 e. The Hall–Kier alpha value is -4.15. The van der Waals surface area contributed by atoms with Crippen molar-refractivity contribution in [2.75, 3.05) is 13.1 Å². The number of aliphatic hydroxyl groups excluding tert-OH is 2. The number of halogens is 2. The van der Waals surface area contributed by atoms with E-state index in [1.807, 2.05) is 20.8 Å². The van der Waals surface area contributed by atoms with E-state index in [9.17, 15) is 33.4 Å². The molecule has 0 aliphatic rings. The summed E-state index contributed by atoms with van der Waals surface area (Å²) >= 11 is 0. The average Bonchev–Trinajstić information content (AvgIpc) is 3.04. The molecule has 0 bridgehead atoms. The lowest BCUT2D eigenvalue weighted by atomic mass is 9.91. The molecular weight excluding hydrogens is 604 g/mol. The number of amides is 3. The standard InChI is InChI=1S/C37H47F2N3O5/c1-5-8-14-31(40-35(45)26-12-10-9-11-13-26)33(43)34(44)32(21-25-19-29(38)23-30(39)20-25)41-36(46)27-17-24(4)18-28(22-27)37(47)42(15-6-2)16-7-3/h9-13,17-20,22-23,31-34,43-44H,5-8,14-16,21H2,1-4H3,(H,40,45)(H,41,46). The number of nitrogens with zero attached hydrogens (tertiary/aromatic N) is 1. The minimum atomic E-state index is -1.65. The molecule has 4 unspecified atom stereocenters. The third-order valence-electron chi connectivity index (χ3n) is 7.95. The Morgan fingerprint density at radius 2 is 1.28 bits per heavy atom. The predicted octanol–water partition coefficient (Wildman–Crippen LogP) is 5.59. The number of hydrogen-bond acceptors (Lipinski definition) is 5. The van der Waals surface area contributed by atoms with Gasteiger partial charge in [-0.1, -0.05) is 51.8 Å². The van der Waals surface area contributed by atoms with Crippen LogP contribution >= 0.6 is 0 Å². The fourth-order valence-corrected chi connectivity index (χ4v) is 5.64. The van der Waals surface area contributed by atoms with Crippen molar-refractivity contribution in [1.29, 1.82) is 0 Å². The van der Waals surface area contributed by atoms with E-state index < -0.39 is 47.7 Å². The Labute approximate surface area is 276 Å². The molecule has 0 saturated heterocycles. The zero-order valence-electron chi connectivity index (χ0n) is 27.6.